The van der Waals surface area contributed by atoms with Crippen LogP contribution in [-0.2, 0) is 4.79 Å². The zero-order valence-corrected chi connectivity index (χ0v) is 8.80. The van der Waals surface area contributed by atoms with Crippen LogP contribution in [-0.4, -0.2) is 44.2 Å². The molecule has 1 amide bonds. The van der Waals surface area contributed by atoms with Gasteiger partial charge in [-0.3, -0.25) is 9.59 Å². The minimum Gasteiger partial charge on any atom is -0.481 e. The standard InChI is InChI=1S/C8H13N5O3/c1-2-3-5(8(15)16)4-9-7(14)6-10-12-13-11-6/h5H,2-4H2,1H3,(H,9,14)(H,15,16)(H,10,11,12,13). The smallest absolute Gasteiger partial charge is 0.308 e. The van der Waals surface area contributed by atoms with E-state index in [1.165, 1.54) is 0 Å². The fraction of sp³-hybridized carbons (Fsp3) is 0.625. The molecule has 0 aliphatic heterocycles. The molecule has 8 heteroatoms. The van der Waals surface area contributed by atoms with E-state index < -0.39 is 17.8 Å². The van der Waals surface area contributed by atoms with E-state index >= 15 is 0 Å². The van der Waals surface area contributed by atoms with Gasteiger partial charge in [-0.2, -0.15) is 5.21 Å². The van der Waals surface area contributed by atoms with Crippen molar-refractivity contribution in [2.45, 2.75) is 19.8 Å². The molecule has 16 heavy (non-hydrogen) atoms. The first kappa shape index (κ1) is 12.1. The van der Waals surface area contributed by atoms with Crippen LogP contribution in [0.2, 0.25) is 0 Å². The van der Waals surface area contributed by atoms with E-state index in [1.54, 1.807) is 0 Å². The summed E-state index contributed by atoms with van der Waals surface area (Å²) in [5.74, 6) is -2.13. The molecule has 0 saturated heterocycles. The Labute approximate surface area is 91.4 Å². The van der Waals surface area contributed by atoms with E-state index in [4.69, 9.17) is 5.11 Å². The van der Waals surface area contributed by atoms with Crippen molar-refractivity contribution in [2.75, 3.05) is 6.54 Å². The van der Waals surface area contributed by atoms with Gasteiger partial charge in [0.15, 0.2) is 0 Å². The van der Waals surface area contributed by atoms with Gasteiger partial charge in [0, 0.05) is 6.54 Å². The maximum Gasteiger partial charge on any atom is 0.308 e. The molecule has 1 heterocycles. The maximum absolute atomic E-state index is 11.3. The molecule has 0 radical (unpaired) electrons. The number of aliphatic carboxylic acids is 1. The summed E-state index contributed by atoms with van der Waals surface area (Å²) in [4.78, 5) is 22.1. The minimum atomic E-state index is -0.921. The minimum absolute atomic E-state index is 0.0660. The van der Waals surface area contributed by atoms with Crippen LogP contribution in [0, 0.1) is 5.92 Å². The number of carbonyl (C=O) groups is 2. The molecule has 1 atom stereocenters. The molecule has 0 aliphatic carbocycles. The van der Waals surface area contributed by atoms with Gasteiger partial charge in [0.05, 0.1) is 5.92 Å². The number of carbonyl (C=O) groups excluding carboxylic acids is 1. The molecule has 8 nitrogen and oxygen atoms in total. The lowest BCUT2D eigenvalue weighted by Gasteiger charge is -2.10. The van der Waals surface area contributed by atoms with Gasteiger partial charge in [0.25, 0.3) is 11.7 Å². The van der Waals surface area contributed by atoms with Crippen LogP contribution >= 0.6 is 0 Å². The number of rotatable bonds is 6. The SMILES string of the molecule is CCCC(CNC(=O)c1nn[nH]n1)C(=O)O. The van der Waals surface area contributed by atoms with Gasteiger partial charge in [-0.05, 0) is 11.6 Å². The lowest BCUT2D eigenvalue weighted by Crippen LogP contribution is -2.33. The van der Waals surface area contributed by atoms with Crippen molar-refractivity contribution >= 4 is 11.9 Å². The van der Waals surface area contributed by atoms with Crippen molar-refractivity contribution in [1.29, 1.82) is 0 Å². The number of hydrogen-bond donors (Lipinski definition) is 3. The molecule has 0 spiro atoms. The van der Waals surface area contributed by atoms with E-state index in [2.05, 4.69) is 25.9 Å². The summed E-state index contributed by atoms with van der Waals surface area (Å²) in [7, 11) is 0. The lowest BCUT2D eigenvalue weighted by molar-refractivity contribution is -0.141. The summed E-state index contributed by atoms with van der Waals surface area (Å²) in [6, 6.07) is 0. The Balaban J connectivity index is 2.43. The Morgan fingerprint density at radius 2 is 2.31 bits per heavy atom. The van der Waals surface area contributed by atoms with Crippen molar-refractivity contribution < 1.29 is 14.7 Å². The third-order valence-corrected chi connectivity index (χ3v) is 2.04. The summed E-state index contributed by atoms with van der Waals surface area (Å²) in [5, 5.41) is 23.6. The fourth-order valence-corrected chi connectivity index (χ4v) is 1.21. The summed E-state index contributed by atoms with van der Waals surface area (Å²) in [6.07, 6.45) is 1.26. The molecule has 88 valence electrons. The van der Waals surface area contributed by atoms with Gasteiger partial charge in [-0.25, -0.2) is 0 Å². The quantitative estimate of drug-likeness (QED) is 0.598. The summed E-state index contributed by atoms with van der Waals surface area (Å²) in [6.45, 7) is 1.95. The van der Waals surface area contributed by atoms with E-state index in [1.807, 2.05) is 6.92 Å². The maximum atomic E-state index is 11.3. The highest BCUT2D eigenvalue weighted by Gasteiger charge is 2.18. The van der Waals surface area contributed by atoms with Crippen LogP contribution < -0.4 is 5.32 Å². The Kier molecular flexibility index (Phi) is 4.37. The van der Waals surface area contributed by atoms with Crippen molar-refractivity contribution in [3.63, 3.8) is 0 Å². The first-order chi connectivity index (χ1) is 7.65. The molecule has 1 aromatic heterocycles. The van der Waals surface area contributed by atoms with Gasteiger partial charge in [-0.1, -0.05) is 13.3 Å². The molecule has 1 unspecified atom stereocenters. The molecule has 0 aromatic carbocycles. The van der Waals surface area contributed by atoms with Crippen LogP contribution in [0.25, 0.3) is 0 Å². The van der Waals surface area contributed by atoms with Gasteiger partial charge in [0.1, 0.15) is 0 Å². The zero-order chi connectivity index (χ0) is 12.0. The Bertz CT molecular complexity index is 351. The topological polar surface area (TPSA) is 121 Å². The molecule has 1 rings (SSSR count). The van der Waals surface area contributed by atoms with Crippen LogP contribution in [0.1, 0.15) is 30.4 Å². The van der Waals surface area contributed by atoms with Crippen molar-refractivity contribution in [3.05, 3.63) is 5.82 Å². The molecule has 0 fully saturated rings. The predicted octanol–water partition coefficient (Wildman–Crippen LogP) is -0.570. The average Bonchev–Trinajstić information content (AvgIpc) is 2.76. The predicted molar refractivity (Wildman–Crippen MR) is 52.5 cm³/mol. The Hall–Kier alpha value is -1.99. The number of H-pyrrole nitrogens is 1. The second-order valence-electron chi connectivity index (χ2n) is 3.27. The second-order valence-corrected chi connectivity index (χ2v) is 3.27. The van der Waals surface area contributed by atoms with Crippen molar-refractivity contribution in [2.24, 2.45) is 5.92 Å². The molecule has 0 bridgehead atoms. The third-order valence-electron chi connectivity index (χ3n) is 2.04. The zero-order valence-electron chi connectivity index (χ0n) is 8.80. The summed E-state index contributed by atoms with van der Waals surface area (Å²) in [5.41, 5.74) is 0. The number of tetrazole rings is 1. The van der Waals surface area contributed by atoms with Crippen molar-refractivity contribution in [3.8, 4) is 0 Å². The first-order valence-corrected chi connectivity index (χ1v) is 4.89. The van der Waals surface area contributed by atoms with E-state index in [0.29, 0.717) is 6.42 Å². The van der Waals surface area contributed by atoms with E-state index in [9.17, 15) is 9.59 Å². The van der Waals surface area contributed by atoms with Gasteiger partial charge >= 0.3 is 5.97 Å². The molecule has 3 N–H and O–H groups in total. The van der Waals surface area contributed by atoms with Crippen LogP contribution in [0.5, 0.6) is 0 Å². The normalized spacial score (nSPS) is 12.1. The first-order valence-electron chi connectivity index (χ1n) is 4.89. The Morgan fingerprint density at radius 3 is 2.81 bits per heavy atom. The van der Waals surface area contributed by atoms with Gasteiger partial charge < -0.3 is 10.4 Å². The fourth-order valence-electron chi connectivity index (χ4n) is 1.21. The van der Waals surface area contributed by atoms with Crippen LogP contribution in [0.3, 0.4) is 0 Å². The van der Waals surface area contributed by atoms with Crippen LogP contribution in [0.4, 0.5) is 0 Å². The monoisotopic (exact) mass is 227 g/mol. The number of nitrogens with zero attached hydrogens (tertiary/aromatic N) is 3. The lowest BCUT2D eigenvalue weighted by atomic mass is 10.0. The number of carboxylic acid groups (broad SMARTS) is 1. The number of aromatic nitrogens is 4. The highest BCUT2D eigenvalue weighted by molar-refractivity contribution is 5.90. The number of aromatic amines is 1. The second kappa shape index (κ2) is 5.79. The molecule has 1 aromatic rings. The van der Waals surface area contributed by atoms with Gasteiger partial charge in [-0.15, -0.1) is 10.2 Å². The summed E-state index contributed by atoms with van der Waals surface area (Å²) >= 11 is 0. The molecule has 0 saturated carbocycles. The molecule has 0 aliphatic rings. The number of nitrogens with one attached hydrogen (secondary N) is 2. The van der Waals surface area contributed by atoms with Gasteiger partial charge in [0.2, 0.25) is 0 Å². The summed E-state index contributed by atoms with van der Waals surface area (Å²) < 4.78 is 0. The largest absolute Gasteiger partial charge is 0.481 e. The molecular formula is C8H13N5O3. The van der Waals surface area contributed by atoms with E-state index in [0.717, 1.165) is 6.42 Å². The number of hydrogen-bond acceptors (Lipinski definition) is 5. The highest BCUT2D eigenvalue weighted by Crippen LogP contribution is 2.05. The van der Waals surface area contributed by atoms with Crippen molar-refractivity contribution in [1.82, 2.24) is 25.9 Å². The number of amides is 1. The number of carboxylic acids is 1. The van der Waals surface area contributed by atoms with E-state index in [-0.39, 0.29) is 12.4 Å². The molecular weight excluding hydrogens is 214 g/mol. The third kappa shape index (κ3) is 3.30. The Morgan fingerprint density at radius 1 is 1.56 bits per heavy atom. The average molecular weight is 227 g/mol. The highest BCUT2D eigenvalue weighted by atomic mass is 16.4. The van der Waals surface area contributed by atoms with Crippen LogP contribution in [0.15, 0.2) is 0 Å².